The molecule has 2 rings (SSSR count). The molecule has 17 heavy (non-hydrogen) atoms. The van der Waals surface area contributed by atoms with Crippen molar-refractivity contribution < 1.29 is 9.18 Å². The van der Waals surface area contributed by atoms with Gasteiger partial charge in [-0.05, 0) is 35.2 Å². The van der Waals surface area contributed by atoms with Crippen LogP contribution in [0.3, 0.4) is 0 Å². The molecular formula is C12H7BrClFOS. The van der Waals surface area contributed by atoms with Crippen molar-refractivity contribution in [2.75, 3.05) is 0 Å². The second-order valence-electron chi connectivity index (χ2n) is 3.43. The summed E-state index contributed by atoms with van der Waals surface area (Å²) >= 11 is 10.4. The van der Waals surface area contributed by atoms with Crippen LogP contribution in [0.15, 0.2) is 34.1 Å². The molecule has 0 bridgehead atoms. The standard InChI is InChI=1S/C12H7BrClFOS/c13-8-1-2-10(15)7(5-8)6-11(16)12-9(14)3-4-17-12/h1-5H,6H2. The van der Waals surface area contributed by atoms with Crippen LogP contribution in [0.25, 0.3) is 0 Å². The van der Waals surface area contributed by atoms with Crippen LogP contribution >= 0.6 is 38.9 Å². The molecule has 1 aromatic carbocycles. The highest BCUT2D eigenvalue weighted by atomic mass is 79.9. The fourth-order valence-corrected chi connectivity index (χ4v) is 2.93. The van der Waals surface area contributed by atoms with Gasteiger partial charge >= 0.3 is 0 Å². The average Bonchev–Trinajstić information content (AvgIpc) is 2.70. The van der Waals surface area contributed by atoms with E-state index in [9.17, 15) is 9.18 Å². The summed E-state index contributed by atoms with van der Waals surface area (Å²) in [7, 11) is 0. The van der Waals surface area contributed by atoms with Gasteiger partial charge in [0.15, 0.2) is 5.78 Å². The Morgan fingerprint density at radius 1 is 1.41 bits per heavy atom. The van der Waals surface area contributed by atoms with Crippen molar-refractivity contribution in [2.45, 2.75) is 6.42 Å². The van der Waals surface area contributed by atoms with Crippen LogP contribution in [-0.2, 0) is 6.42 Å². The van der Waals surface area contributed by atoms with Crippen molar-refractivity contribution in [3.8, 4) is 0 Å². The number of hydrogen-bond donors (Lipinski definition) is 0. The fraction of sp³-hybridized carbons (Fsp3) is 0.0833. The van der Waals surface area contributed by atoms with Gasteiger partial charge in [-0.3, -0.25) is 4.79 Å². The van der Waals surface area contributed by atoms with Crippen molar-refractivity contribution in [3.63, 3.8) is 0 Å². The van der Waals surface area contributed by atoms with Crippen LogP contribution in [-0.4, -0.2) is 5.78 Å². The van der Waals surface area contributed by atoms with E-state index in [2.05, 4.69) is 15.9 Å². The fourth-order valence-electron chi connectivity index (χ4n) is 1.42. The number of ketones is 1. The Hall–Kier alpha value is -0.710. The zero-order valence-corrected chi connectivity index (χ0v) is 11.7. The Labute approximate surface area is 115 Å². The maximum atomic E-state index is 13.5. The van der Waals surface area contributed by atoms with E-state index in [1.807, 2.05) is 0 Å². The van der Waals surface area contributed by atoms with Crippen LogP contribution < -0.4 is 0 Å². The van der Waals surface area contributed by atoms with Gasteiger partial charge in [0.25, 0.3) is 0 Å². The van der Waals surface area contributed by atoms with Crippen molar-refractivity contribution in [2.24, 2.45) is 0 Å². The molecule has 0 amide bonds. The second kappa shape index (κ2) is 5.29. The molecule has 0 unspecified atom stereocenters. The third-order valence-electron chi connectivity index (χ3n) is 2.23. The third-order valence-corrected chi connectivity index (χ3v) is 4.10. The molecule has 0 aliphatic heterocycles. The third kappa shape index (κ3) is 2.94. The monoisotopic (exact) mass is 332 g/mol. The van der Waals surface area contributed by atoms with Gasteiger partial charge in [-0.15, -0.1) is 11.3 Å². The maximum absolute atomic E-state index is 13.5. The van der Waals surface area contributed by atoms with E-state index in [1.54, 1.807) is 23.6 Å². The lowest BCUT2D eigenvalue weighted by molar-refractivity contribution is 0.0996. The van der Waals surface area contributed by atoms with Crippen LogP contribution in [0.1, 0.15) is 15.2 Å². The van der Waals surface area contributed by atoms with E-state index in [-0.39, 0.29) is 18.0 Å². The second-order valence-corrected chi connectivity index (χ2v) is 5.67. The number of Topliss-reactive ketones (excluding diaryl/α,β-unsaturated/α-hetero) is 1. The number of halogens is 3. The van der Waals surface area contributed by atoms with Crippen molar-refractivity contribution >= 4 is 44.7 Å². The van der Waals surface area contributed by atoms with Crippen LogP contribution in [0.4, 0.5) is 4.39 Å². The van der Waals surface area contributed by atoms with Gasteiger partial charge in [-0.25, -0.2) is 4.39 Å². The lowest BCUT2D eigenvalue weighted by atomic mass is 10.1. The van der Waals surface area contributed by atoms with Gasteiger partial charge in [-0.1, -0.05) is 27.5 Å². The molecule has 0 N–H and O–H groups in total. The molecule has 0 aliphatic carbocycles. The highest BCUT2D eigenvalue weighted by molar-refractivity contribution is 9.10. The van der Waals surface area contributed by atoms with Gasteiger partial charge in [-0.2, -0.15) is 0 Å². The van der Waals surface area contributed by atoms with E-state index in [1.165, 1.54) is 17.4 Å². The normalized spacial score (nSPS) is 10.5. The first-order valence-corrected chi connectivity index (χ1v) is 6.83. The minimum absolute atomic E-state index is 0.0194. The summed E-state index contributed by atoms with van der Waals surface area (Å²) in [5, 5.41) is 2.17. The zero-order valence-electron chi connectivity index (χ0n) is 8.54. The van der Waals surface area contributed by atoms with Crippen molar-refractivity contribution in [1.29, 1.82) is 0 Å². The van der Waals surface area contributed by atoms with Crippen LogP contribution in [0.5, 0.6) is 0 Å². The molecule has 0 saturated heterocycles. The van der Waals surface area contributed by atoms with Crippen LogP contribution in [0, 0.1) is 5.82 Å². The molecule has 0 atom stereocenters. The first kappa shape index (κ1) is 12.7. The topological polar surface area (TPSA) is 17.1 Å². The van der Waals surface area contributed by atoms with Gasteiger partial charge < -0.3 is 0 Å². The number of thiophene rings is 1. The summed E-state index contributed by atoms with van der Waals surface area (Å²) in [5.74, 6) is -0.545. The SMILES string of the molecule is O=C(Cc1cc(Br)ccc1F)c1sccc1Cl. The molecule has 0 saturated carbocycles. The first-order valence-electron chi connectivity index (χ1n) is 4.78. The highest BCUT2D eigenvalue weighted by Crippen LogP contribution is 2.25. The van der Waals surface area contributed by atoms with Crippen LogP contribution in [0.2, 0.25) is 5.02 Å². The molecule has 1 nitrogen and oxygen atoms in total. The minimum Gasteiger partial charge on any atom is -0.293 e. The zero-order chi connectivity index (χ0) is 12.4. The predicted molar refractivity (Wildman–Crippen MR) is 71.5 cm³/mol. The Balaban J connectivity index is 2.24. The van der Waals surface area contributed by atoms with E-state index in [0.29, 0.717) is 15.5 Å². The number of carbonyl (C=O) groups excluding carboxylic acids is 1. The molecule has 2 aromatic rings. The molecule has 1 aromatic heterocycles. The smallest absolute Gasteiger partial charge is 0.178 e. The molecule has 1 heterocycles. The minimum atomic E-state index is -0.380. The average molecular weight is 334 g/mol. The van der Waals surface area contributed by atoms with Gasteiger partial charge in [0.2, 0.25) is 0 Å². The summed E-state index contributed by atoms with van der Waals surface area (Å²) in [4.78, 5) is 12.4. The summed E-state index contributed by atoms with van der Waals surface area (Å²) in [6, 6.07) is 6.20. The summed E-state index contributed by atoms with van der Waals surface area (Å²) < 4.78 is 14.2. The van der Waals surface area contributed by atoms with Gasteiger partial charge in [0, 0.05) is 10.9 Å². The molecule has 0 fully saturated rings. The van der Waals surface area contributed by atoms with Crippen molar-refractivity contribution in [3.05, 3.63) is 55.4 Å². The van der Waals surface area contributed by atoms with E-state index in [4.69, 9.17) is 11.6 Å². The predicted octanol–water partition coefficient (Wildman–Crippen LogP) is 4.73. The number of hydrogen-bond acceptors (Lipinski definition) is 2. The Bertz CT molecular complexity index is 567. The maximum Gasteiger partial charge on any atom is 0.178 e. The Kier molecular flexibility index (Phi) is 3.97. The molecular weight excluding hydrogens is 327 g/mol. The van der Waals surface area contributed by atoms with E-state index < -0.39 is 0 Å². The number of rotatable bonds is 3. The quantitative estimate of drug-likeness (QED) is 0.742. The molecule has 0 radical (unpaired) electrons. The first-order chi connectivity index (χ1) is 8.08. The largest absolute Gasteiger partial charge is 0.293 e. The van der Waals surface area contributed by atoms with E-state index >= 15 is 0 Å². The Morgan fingerprint density at radius 3 is 2.82 bits per heavy atom. The summed E-state index contributed by atoms with van der Waals surface area (Å²) in [6.45, 7) is 0. The summed E-state index contributed by atoms with van der Waals surface area (Å²) in [6.07, 6.45) is 0.0194. The number of benzene rings is 1. The van der Waals surface area contributed by atoms with Gasteiger partial charge in [0.05, 0.1) is 9.90 Å². The van der Waals surface area contributed by atoms with E-state index in [0.717, 1.165) is 4.47 Å². The molecule has 0 aliphatic rings. The Morgan fingerprint density at radius 2 is 2.18 bits per heavy atom. The lowest BCUT2D eigenvalue weighted by Crippen LogP contribution is -2.03. The number of carbonyl (C=O) groups is 1. The van der Waals surface area contributed by atoms with Gasteiger partial charge in [0.1, 0.15) is 5.82 Å². The molecule has 0 spiro atoms. The molecule has 5 heteroatoms. The summed E-state index contributed by atoms with van der Waals surface area (Å²) in [5.41, 5.74) is 0.369. The molecule has 88 valence electrons. The van der Waals surface area contributed by atoms with Crippen molar-refractivity contribution in [1.82, 2.24) is 0 Å². The lowest BCUT2D eigenvalue weighted by Gasteiger charge is -2.02. The highest BCUT2D eigenvalue weighted by Gasteiger charge is 2.14.